The van der Waals surface area contributed by atoms with E-state index < -0.39 is 0 Å². The molecule has 0 aliphatic heterocycles. The molecule has 29 rings (SSSR count). The van der Waals surface area contributed by atoms with Crippen molar-refractivity contribution in [2.75, 3.05) is 0 Å². The molecule has 0 saturated heterocycles. The van der Waals surface area contributed by atoms with E-state index in [1.807, 2.05) is 42.5 Å². The van der Waals surface area contributed by atoms with Crippen LogP contribution in [0, 0.1) is 0 Å². The van der Waals surface area contributed by atoms with Gasteiger partial charge in [0.1, 0.15) is 0 Å². The average molecular weight is 1760 g/mol. The van der Waals surface area contributed by atoms with Gasteiger partial charge in [0.05, 0.1) is 99.8 Å². The van der Waals surface area contributed by atoms with E-state index in [9.17, 15) is 0 Å². The fourth-order valence-electron chi connectivity index (χ4n) is 21.2. The van der Waals surface area contributed by atoms with E-state index in [2.05, 4.69) is 470 Å². The largest absolute Gasteiger partial charge is 0.309 e. The molecule has 12 heteroatoms. The smallest absolute Gasteiger partial charge is 0.235 e. The third-order valence-corrected chi connectivity index (χ3v) is 27.4. The van der Waals surface area contributed by atoms with Crippen molar-refractivity contribution in [2.45, 2.75) is 0 Å². The summed E-state index contributed by atoms with van der Waals surface area (Å²) in [6.45, 7) is 0. The molecule has 0 aliphatic rings. The fourth-order valence-corrected chi connectivity index (χ4v) is 21.2. The minimum Gasteiger partial charge on any atom is -0.309 e. The summed E-state index contributed by atoms with van der Waals surface area (Å²) in [5.74, 6) is 2.05. The van der Waals surface area contributed by atoms with Crippen LogP contribution in [-0.4, -0.2) is 57.3 Å². The summed E-state index contributed by atoms with van der Waals surface area (Å²) in [4.78, 5) is 31.2. The second-order valence-electron chi connectivity index (χ2n) is 35.2. The predicted molar refractivity (Wildman–Crippen MR) is 572 cm³/mol. The van der Waals surface area contributed by atoms with E-state index in [0.29, 0.717) is 11.9 Å². The molecular weight excluding hydrogens is 1680 g/mol. The SMILES string of the molecule is c1ccc(-c2ccc(-c3nc(-n4c5ccccc5c5cc6c(cc54)c4ccccc4n6-c4ccccc4)nc4ccccc34)cc2)cc1.c1ccc(-c2nc(-c3ccccc3)c3ccc(-n4c5ccccc5c5cc6c(cc54)c4ccccc4n6-c4ccccc4)cc3n2)cc1.c1ccc(-c2nc(-n3c4ccccc4c4cc5c(cc43)c3ccccc3n5-c3ccccc3)nc3ccccc23)cc1. The summed E-state index contributed by atoms with van der Waals surface area (Å²) in [5, 5.41) is 17.5. The van der Waals surface area contributed by atoms with Gasteiger partial charge in [-0.25, -0.2) is 29.9 Å². The molecule has 644 valence electrons. The van der Waals surface area contributed by atoms with E-state index in [-0.39, 0.29) is 0 Å². The first-order valence-electron chi connectivity index (χ1n) is 46.7. The van der Waals surface area contributed by atoms with Crippen LogP contribution in [0.1, 0.15) is 0 Å². The Bertz CT molecular complexity index is 9880. The van der Waals surface area contributed by atoms with Gasteiger partial charge in [0.2, 0.25) is 11.9 Å². The summed E-state index contributed by atoms with van der Waals surface area (Å²) in [5.41, 5.74) is 30.4. The van der Waals surface area contributed by atoms with Gasteiger partial charge >= 0.3 is 0 Å². The molecule has 0 N–H and O–H groups in total. The van der Waals surface area contributed by atoms with Gasteiger partial charge < -0.3 is 18.3 Å². The van der Waals surface area contributed by atoms with Crippen molar-refractivity contribution < 1.29 is 0 Å². The number of nitrogens with zero attached hydrogens (tertiary/aromatic N) is 12. The quantitative estimate of drug-likeness (QED) is 0.128. The molecule has 0 radical (unpaired) electrons. The van der Waals surface area contributed by atoms with Crippen LogP contribution in [-0.2, 0) is 0 Å². The highest BCUT2D eigenvalue weighted by Gasteiger charge is 2.27. The van der Waals surface area contributed by atoms with Gasteiger partial charge in [-0.15, -0.1) is 0 Å². The highest BCUT2D eigenvalue weighted by atomic mass is 15.2. The fraction of sp³-hybridized carbons (Fsp3) is 0. The maximum absolute atomic E-state index is 5.36. The zero-order valence-corrected chi connectivity index (χ0v) is 74.6. The van der Waals surface area contributed by atoms with Gasteiger partial charge in [-0.05, 0) is 151 Å². The van der Waals surface area contributed by atoms with Crippen LogP contribution in [0.5, 0.6) is 0 Å². The van der Waals surface area contributed by atoms with Crippen molar-refractivity contribution >= 4 is 164 Å². The van der Waals surface area contributed by atoms with Crippen LogP contribution in [0.15, 0.2) is 485 Å². The van der Waals surface area contributed by atoms with Gasteiger partial charge in [-0.1, -0.05) is 346 Å². The number of rotatable bonds is 11. The van der Waals surface area contributed by atoms with E-state index in [1.54, 1.807) is 0 Å². The molecule has 12 nitrogen and oxygen atoms in total. The minimum atomic E-state index is 0.660. The van der Waals surface area contributed by atoms with Gasteiger partial charge in [0.15, 0.2) is 5.82 Å². The molecule has 0 unspecified atom stereocenters. The first kappa shape index (κ1) is 79.0. The first-order valence-corrected chi connectivity index (χ1v) is 46.7. The van der Waals surface area contributed by atoms with E-state index in [4.69, 9.17) is 29.9 Å². The van der Waals surface area contributed by atoms with Crippen LogP contribution in [0.3, 0.4) is 0 Å². The Morgan fingerprint density at radius 1 is 0.123 bits per heavy atom. The maximum atomic E-state index is 5.36. The minimum absolute atomic E-state index is 0.660. The Hall–Kier alpha value is -18.8. The Morgan fingerprint density at radius 2 is 0.362 bits per heavy atom. The Balaban J connectivity index is 0.000000105. The lowest BCUT2D eigenvalue weighted by molar-refractivity contribution is 1.01. The number of hydrogen-bond acceptors (Lipinski definition) is 6. The van der Waals surface area contributed by atoms with Crippen molar-refractivity contribution in [3.63, 3.8) is 0 Å². The molecule has 0 spiro atoms. The zero-order valence-electron chi connectivity index (χ0n) is 74.6. The van der Waals surface area contributed by atoms with Crippen molar-refractivity contribution in [3.8, 4) is 90.9 Å². The molecule has 29 aromatic rings. The predicted octanol–water partition coefficient (Wildman–Crippen LogP) is 31.8. The standard InChI is InChI=1S/2C44H28N4.C38H24N4/c1-4-14-29(15-5-1)43-35-25-24-32(26-38(35)45-44(46-43)30-16-6-2-7-17-30)48-40-23-13-11-21-34(40)37-27-41-36(28-42(37)48)33-20-10-12-22-39(33)47(41)31-18-8-3-9-19-31;1-3-13-29(14-4-1)30-23-25-31(26-24-30)43-35-19-7-10-20-38(35)45-44(46-43)48-40-22-12-9-18-34(40)37-27-41-36(28-42(37)48)33-17-8-11-21-39(33)47(41)32-15-5-2-6-16-32;1-3-13-25(14-4-1)37-29-19-7-10-20-32(29)39-38(40-37)42-34-22-12-9-18-28(34)31-23-35-30(24-36(31)42)27-17-8-11-21-33(27)41(35)26-15-5-2-6-16-26/h2*1-28H;1-24H. The number of benzene rings is 20. The van der Waals surface area contributed by atoms with Gasteiger partial charge in [0.25, 0.3) is 0 Å². The normalized spacial score (nSPS) is 11.8. The number of para-hydroxylation sites is 11. The summed E-state index contributed by atoms with van der Waals surface area (Å²) in [7, 11) is 0. The molecule has 0 aliphatic carbocycles. The summed E-state index contributed by atoms with van der Waals surface area (Å²) >= 11 is 0. The number of aromatic nitrogens is 12. The number of fused-ring (bicyclic) bond motifs is 21. The molecule has 138 heavy (non-hydrogen) atoms. The van der Waals surface area contributed by atoms with Crippen molar-refractivity contribution in [2.24, 2.45) is 0 Å². The molecule has 9 aromatic heterocycles. The summed E-state index contributed by atoms with van der Waals surface area (Å²) in [6.07, 6.45) is 0. The van der Waals surface area contributed by atoms with Gasteiger partial charge in [-0.3, -0.25) is 9.13 Å². The molecule has 0 bridgehead atoms. The summed E-state index contributed by atoms with van der Waals surface area (Å²) in [6, 6.07) is 171. The molecule has 0 atom stereocenters. The van der Waals surface area contributed by atoms with Crippen LogP contribution < -0.4 is 0 Å². The lowest BCUT2D eigenvalue weighted by atomic mass is 10.0. The Labute approximate surface area is 791 Å². The summed E-state index contributed by atoms with van der Waals surface area (Å²) < 4.78 is 14.0. The highest BCUT2D eigenvalue weighted by Crippen LogP contribution is 2.46. The van der Waals surface area contributed by atoms with Gasteiger partial charge in [0, 0.05) is 126 Å². The van der Waals surface area contributed by atoms with Crippen LogP contribution in [0.4, 0.5) is 0 Å². The van der Waals surface area contributed by atoms with Crippen LogP contribution >= 0.6 is 0 Å². The molecule has 0 amide bonds. The van der Waals surface area contributed by atoms with Crippen LogP contribution in [0.25, 0.3) is 254 Å². The number of hydrogen-bond donors (Lipinski definition) is 0. The Morgan fingerprint density at radius 3 is 0.710 bits per heavy atom. The second kappa shape index (κ2) is 32.6. The lowest BCUT2D eigenvalue weighted by Gasteiger charge is -2.13. The van der Waals surface area contributed by atoms with Crippen molar-refractivity contribution in [1.29, 1.82) is 0 Å². The molecule has 9 heterocycles. The average Bonchev–Trinajstić information content (AvgIpc) is 1.56. The van der Waals surface area contributed by atoms with E-state index >= 15 is 0 Å². The van der Waals surface area contributed by atoms with Crippen LogP contribution in [0.2, 0.25) is 0 Å². The second-order valence-corrected chi connectivity index (χ2v) is 35.2. The Kier molecular flexibility index (Phi) is 18.7. The van der Waals surface area contributed by atoms with Gasteiger partial charge in [-0.2, -0.15) is 0 Å². The lowest BCUT2D eigenvalue weighted by Crippen LogP contribution is -2.03. The molecular formula is C126H80N12. The topological polar surface area (TPSA) is 107 Å². The monoisotopic (exact) mass is 1760 g/mol. The maximum Gasteiger partial charge on any atom is 0.235 e. The zero-order chi connectivity index (χ0) is 90.8. The first-order chi connectivity index (χ1) is 68.5. The van der Waals surface area contributed by atoms with Crippen molar-refractivity contribution in [3.05, 3.63) is 485 Å². The molecule has 0 fully saturated rings. The third kappa shape index (κ3) is 13.1. The molecule has 0 saturated carbocycles. The molecule has 20 aromatic carbocycles. The van der Waals surface area contributed by atoms with E-state index in [1.165, 1.54) is 114 Å². The van der Waals surface area contributed by atoms with Crippen molar-refractivity contribution in [1.82, 2.24) is 57.3 Å². The highest BCUT2D eigenvalue weighted by molar-refractivity contribution is 6.23. The van der Waals surface area contributed by atoms with E-state index in [0.717, 1.165) is 128 Å². The third-order valence-electron chi connectivity index (χ3n) is 27.4.